The van der Waals surface area contributed by atoms with E-state index in [9.17, 15) is 15.3 Å². The van der Waals surface area contributed by atoms with Crippen molar-refractivity contribution in [2.45, 2.75) is 25.4 Å². The number of nitrogens with one attached hydrogen (secondary N) is 3. The number of amides is 1. The molecule has 3 aromatic rings. The minimum Gasteiger partial charge on any atom is -0.364 e. The van der Waals surface area contributed by atoms with Gasteiger partial charge < -0.3 is 16.0 Å². The van der Waals surface area contributed by atoms with Gasteiger partial charge in [0.2, 0.25) is 11.9 Å². The first-order chi connectivity index (χ1) is 16.0. The number of piperazine rings is 1. The van der Waals surface area contributed by atoms with Crippen LogP contribution in [0.4, 0.5) is 17.5 Å². The lowest BCUT2D eigenvalue weighted by Gasteiger charge is -2.27. The van der Waals surface area contributed by atoms with Crippen molar-refractivity contribution in [3.05, 3.63) is 40.2 Å². The van der Waals surface area contributed by atoms with Crippen molar-refractivity contribution in [2.75, 3.05) is 30.3 Å². The molecule has 5 rings (SSSR count). The normalized spacial score (nSPS) is 16.2. The standard InChI is InChI=1S/C21H19ClN10O/c22-18-13(10-31-4-3-25-17(33)11-31)5-12(7-23)6-16(18)28-21-29-19(27-14-1-2-14)20-26-9-15(8-24)32(20)30-21/h5-6,9,14H,1-4,10-11H2,(H,25,33)(H2,27,28,29,30). The molecule has 3 heterocycles. The maximum atomic E-state index is 11.7. The van der Waals surface area contributed by atoms with Crippen LogP contribution in [-0.4, -0.2) is 56.1 Å². The van der Waals surface area contributed by atoms with Crippen molar-refractivity contribution < 1.29 is 4.79 Å². The molecule has 1 aliphatic carbocycles. The predicted octanol–water partition coefficient (Wildman–Crippen LogP) is 1.77. The molecule has 2 fully saturated rings. The molecule has 11 nitrogen and oxygen atoms in total. The number of nitrogens with zero attached hydrogens (tertiary/aromatic N) is 7. The Labute approximate surface area is 194 Å². The third kappa shape index (κ3) is 4.37. The molecule has 0 bridgehead atoms. The minimum atomic E-state index is -0.0433. The van der Waals surface area contributed by atoms with E-state index in [-0.39, 0.29) is 24.1 Å². The highest BCUT2D eigenvalue weighted by Crippen LogP contribution is 2.32. The van der Waals surface area contributed by atoms with Crippen molar-refractivity contribution in [3.8, 4) is 12.1 Å². The van der Waals surface area contributed by atoms with Gasteiger partial charge >= 0.3 is 0 Å². The Kier molecular flexibility index (Phi) is 5.42. The highest BCUT2D eigenvalue weighted by molar-refractivity contribution is 6.34. The average molecular weight is 463 g/mol. The molecule has 0 unspecified atom stereocenters. The van der Waals surface area contributed by atoms with Gasteiger partial charge in [0.05, 0.1) is 35.1 Å². The zero-order valence-corrected chi connectivity index (χ0v) is 18.2. The number of anilines is 3. The summed E-state index contributed by atoms with van der Waals surface area (Å²) in [5.41, 5.74) is 2.32. The molecule has 166 valence electrons. The second kappa shape index (κ2) is 8.54. The summed E-state index contributed by atoms with van der Waals surface area (Å²) >= 11 is 6.69. The molecule has 1 aromatic carbocycles. The summed E-state index contributed by atoms with van der Waals surface area (Å²) in [5, 5.41) is 33.0. The maximum absolute atomic E-state index is 11.7. The fourth-order valence-electron chi connectivity index (χ4n) is 3.67. The number of hydrogen-bond donors (Lipinski definition) is 3. The fraction of sp³-hybridized carbons (Fsp3) is 0.333. The van der Waals surface area contributed by atoms with Crippen molar-refractivity contribution in [2.24, 2.45) is 0 Å². The first-order valence-corrected chi connectivity index (χ1v) is 10.8. The molecule has 2 aromatic heterocycles. The number of carbonyl (C=O) groups is 1. The number of hydrogen-bond acceptors (Lipinski definition) is 9. The molecule has 12 heteroatoms. The maximum Gasteiger partial charge on any atom is 0.247 e. The van der Waals surface area contributed by atoms with E-state index >= 15 is 0 Å². The van der Waals surface area contributed by atoms with Gasteiger partial charge in [-0.1, -0.05) is 11.6 Å². The first kappa shape index (κ1) is 20.9. The van der Waals surface area contributed by atoms with Crippen LogP contribution >= 0.6 is 11.6 Å². The van der Waals surface area contributed by atoms with Gasteiger partial charge in [0, 0.05) is 25.7 Å². The summed E-state index contributed by atoms with van der Waals surface area (Å²) in [6.45, 7) is 1.94. The van der Waals surface area contributed by atoms with E-state index < -0.39 is 0 Å². The van der Waals surface area contributed by atoms with Gasteiger partial charge in [-0.3, -0.25) is 9.69 Å². The van der Waals surface area contributed by atoms with Crippen molar-refractivity contribution in [1.29, 1.82) is 10.5 Å². The second-order valence-corrected chi connectivity index (χ2v) is 8.37. The fourth-order valence-corrected chi connectivity index (χ4v) is 3.89. The average Bonchev–Trinajstić information content (AvgIpc) is 3.52. The number of benzene rings is 1. The lowest BCUT2D eigenvalue weighted by Crippen LogP contribution is -2.47. The van der Waals surface area contributed by atoms with Crippen molar-refractivity contribution in [3.63, 3.8) is 0 Å². The largest absolute Gasteiger partial charge is 0.364 e. The SMILES string of the molecule is N#Cc1cc(CN2CCNC(=O)C2)c(Cl)c(Nc2nc(NC3CC3)c3ncc(C#N)n3n2)c1. The number of aromatic nitrogens is 4. The topological polar surface area (TPSA) is 147 Å². The van der Waals surface area contributed by atoms with Crippen LogP contribution in [0.2, 0.25) is 5.02 Å². The summed E-state index contributed by atoms with van der Waals surface area (Å²) in [5.74, 6) is 0.683. The van der Waals surface area contributed by atoms with Gasteiger partial charge in [-0.2, -0.15) is 20.0 Å². The molecule has 0 spiro atoms. The Morgan fingerprint density at radius 2 is 2.12 bits per heavy atom. The molecule has 33 heavy (non-hydrogen) atoms. The molecule has 0 radical (unpaired) electrons. The van der Waals surface area contributed by atoms with Gasteiger partial charge in [0.15, 0.2) is 17.2 Å². The summed E-state index contributed by atoms with van der Waals surface area (Å²) in [7, 11) is 0. The van der Waals surface area contributed by atoms with Crippen LogP contribution in [0.3, 0.4) is 0 Å². The van der Waals surface area contributed by atoms with Gasteiger partial charge in [0.1, 0.15) is 6.07 Å². The van der Waals surface area contributed by atoms with Crippen LogP contribution in [0.25, 0.3) is 5.65 Å². The van der Waals surface area contributed by atoms with Gasteiger partial charge in [-0.05, 0) is 30.5 Å². The Morgan fingerprint density at radius 1 is 1.27 bits per heavy atom. The highest BCUT2D eigenvalue weighted by atomic mass is 35.5. The lowest BCUT2D eigenvalue weighted by atomic mass is 10.1. The molecule has 1 aliphatic heterocycles. The number of rotatable bonds is 6. The van der Waals surface area contributed by atoms with E-state index in [0.29, 0.717) is 59.0 Å². The number of carbonyl (C=O) groups excluding carboxylic acids is 1. The molecular weight excluding hydrogens is 444 g/mol. The van der Waals surface area contributed by atoms with Crippen LogP contribution in [0, 0.1) is 22.7 Å². The van der Waals surface area contributed by atoms with E-state index in [2.05, 4.69) is 43.2 Å². The van der Waals surface area contributed by atoms with E-state index in [1.165, 1.54) is 10.7 Å². The molecular formula is C21H19ClN10O. The molecule has 1 amide bonds. The van der Waals surface area contributed by atoms with Crippen LogP contribution in [0.1, 0.15) is 29.7 Å². The number of nitriles is 2. The van der Waals surface area contributed by atoms with Gasteiger partial charge in [-0.15, -0.1) is 5.10 Å². The summed E-state index contributed by atoms with van der Waals surface area (Å²) < 4.78 is 1.43. The van der Waals surface area contributed by atoms with Crippen LogP contribution in [0.5, 0.6) is 0 Å². The minimum absolute atomic E-state index is 0.0433. The lowest BCUT2D eigenvalue weighted by molar-refractivity contribution is -0.124. The molecule has 0 atom stereocenters. The van der Waals surface area contributed by atoms with Crippen LogP contribution < -0.4 is 16.0 Å². The smallest absolute Gasteiger partial charge is 0.247 e. The molecule has 3 N–H and O–H groups in total. The predicted molar refractivity (Wildman–Crippen MR) is 120 cm³/mol. The quantitative estimate of drug-likeness (QED) is 0.498. The van der Waals surface area contributed by atoms with Gasteiger partial charge in [0.25, 0.3) is 0 Å². The van der Waals surface area contributed by atoms with E-state index in [1.54, 1.807) is 12.1 Å². The first-order valence-electron chi connectivity index (χ1n) is 10.4. The van der Waals surface area contributed by atoms with E-state index in [4.69, 9.17) is 11.6 Å². The van der Waals surface area contributed by atoms with E-state index in [0.717, 1.165) is 12.8 Å². The Hall–Kier alpha value is -3.93. The Morgan fingerprint density at radius 3 is 2.85 bits per heavy atom. The highest BCUT2D eigenvalue weighted by Gasteiger charge is 2.25. The van der Waals surface area contributed by atoms with Crippen LogP contribution in [-0.2, 0) is 11.3 Å². The third-order valence-electron chi connectivity index (χ3n) is 5.43. The van der Waals surface area contributed by atoms with E-state index in [1.807, 2.05) is 4.90 Å². The number of fused-ring (bicyclic) bond motifs is 1. The number of halogens is 1. The number of imidazole rings is 1. The van der Waals surface area contributed by atoms with Crippen molar-refractivity contribution >= 4 is 40.6 Å². The van der Waals surface area contributed by atoms with Crippen LogP contribution in [0.15, 0.2) is 18.3 Å². The zero-order chi connectivity index (χ0) is 22.9. The Bertz CT molecular complexity index is 1330. The summed E-state index contributed by atoms with van der Waals surface area (Å²) in [6.07, 6.45) is 3.53. The summed E-state index contributed by atoms with van der Waals surface area (Å²) in [6, 6.07) is 7.87. The third-order valence-corrected chi connectivity index (χ3v) is 5.88. The monoisotopic (exact) mass is 462 g/mol. The second-order valence-electron chi connectivity index (χ2n) is 7.99. The van der Waals surface area contributed by atoms with Gasteiger partial charge in [-0.25, -0.2) is 4.98 Å². The molecule has 1 saturated heterocycles. The molecule has 2 aliphatic rings. The Balaban J connectivity index is 1.50. The summed E-state index contributed by atoms with van der Waals surface area (Å²) in [4.78, 5) is 22.5. The zero-order valence-electron chi connectivity index (χ0n) is 17.5. The molecule has 1 saturated carbocycles. The van der Waals surface area contributed by atoms with Crippen molar-refractivity contribution in [1.82, 2.24) is 29.8 Å².